The summed E-state index contributed by atoms with van der Waals surface area (Å²) in [6.07, 6.45) is 4.61. The van der Waals surface area contributed by atoms with E-state index in [0.717, 1.165) is 25.7 Å². The van der Waals surface area contributed by atoms with Gasteiger partial charge in [0.1, 0.15) is 6.04 Å². The topological polar surface area (TPSA) is 104 Å². The lowest BCUT2D eigenvalue weighted by atomic mass is 9.82. The Morgan fingerprint density at radius 2 is 1.80 bits per heavy atom. The van der Waals surface area contributed by atoms with Crippen LogP contribution < -0.4 is 5.32 Å². The van der Waals surface area contributed by atoms with Crippen molar-refractivity contribution < 1.29 is 24.6 Å². The Labute approximate surface area is 118 Å². The van der Waals surface area contributed by atoms with Crippen molar-refractivity contribution in [2.24, 2.45) is 5.41 Å². The molecule has 0 aromatic rings. The summed E-state index contributed by atoms with van der Waals surface area (Å²) in [6.45, 7) is 1.95. The first-order valence-electron chi connectivity index (χ1n) is 7.17. The van der Waals surface area contributed by atoms with Gasteiger partial charge in [0.05, 0.1) is 0 Å². The third-order valence-electron chi connectivity index (χ3n) is 4.21. The van der Waals surface area contributed by atoms with E-state index in [1.807, 2.05) is 6.92 Å². The molecule has 1 atom stereocenters. The third-order valence-corrected chi connectivity index (χ3v) is 4.21. The minimum absolute atomic E-state index is 0.0848. The van der Waals surface area contributed by atoms with E-state index in [1.165, 1.54) is 0 Å². The maximum Gasteiger partial charge on any atom is 0.326 e. The van der Waals surface area contributed by atoms with Crippen molar-refractivity contribution >= 4 is 17.8 Å². The highest BCUT2D eigenvalue weighted by Gasteiger charge is 2.40. The van der Waals surface area contributed by atoms with Gasteiger partial charge in [-0.05, 0) is 32.1 Å². The Kier molecular flexibility index (Phi) is 5.98. The highest BCUT2D eigenvalue weighted by atomic mass is 16.4. The molecule has 20 heavy (non-hydrogen) atoms. The second-order valence-electron chi connectivity index (χ2n) is 5.49. The molecule has 114 valence electrons. The van der Waals surface area contributed by atoms with Gasteiger partial charge in [-0.2, -0.15) is 0 Å². The maximum absolute atomic E-state index is 12.3. The van der Waals surface area contributed by atoms with Crippen molar-refractivity contribution in [1.29, 1.82) is 0 Å². The minimum Gasteiger partial charge on any atom is -0.481 e. The number of hydrogen-bond donors (Lipinski definition) is 3. The Hall–Kier alpha value is -1.59. The van der Waals surface area contributed by atoms with E-state index in [0.29, 0.717) is 6.42 Å². The molecule has 1 saturated carbocycles. The lowest BCUT2D eigenvalue weighted by Gasteiger charge is -2.28. The van der Waals surface area contributed by atoms with Gasteiger partial charge in [0.2, 0.25) is 5.91 Å². The SMILES string of the molecule is CCC1(C(=O)N[C@H](CCCC(=O)O)C(=O)O)CCCC1. The lowest BCUT2D eigenvalue weighted by Crippen LogP contribution is -2.47. The van der Waals surface area contributed by atoms with Crippen LogP contribution in [0.3, 0.4) is 0 Å². The highest BCUT2D eigenvalue weighted by Crippen LogP contribution is 2.41. The second kappa shape index (κ2) is 7.26. The van der Waals surface area contributed by atoms with E-state index in [2.05, 4.69) is 5.32 Å². The Balaban J connectivity index is 2.58. The third kappa shape index (κ3) is 4.21. The molecule has 0 aromatic heterocycles. The fraction of sp³-hybridized carbons (Fsp3) is 0.786. The molecule has 1 amide bonds. The van der Waals surface area contributed by atoms with Crippen molar-refractivity contribution in [1.82, 2.24) is 5.32 Å². The largest absolute Gasteiger partial charge is 0.481 e. The monoisotopic (exact) mass is 285 g/mol. The number of hydrogen-bond acceptors (Lipinski definition) is 3. The normalized spacial score (nSPS) is 18.4. The summed E-state index contributed by atoms with van der Waals surface area (Å²) in [6, 6.07) is -0.995. The van der Waals surface area contributed by atoms with E-state index in [4.69, 9.17) is 10.2 Å². The molecule has 0 bridgehead atoms. The van der Waals surface area contributed by atoms with Gasteiger partial charge in [-0.15, -0.1) is 0 Å². The summed E-state index contributed by atoms with van der Waals surface area (Å²) in [5.41, 5.74) is -0.430. The molecule has 0 radical (unpaired) electrons. The van der Waals surface area contributed by atoms with Crippen molar-refractivity contribution in [2.75, 3.05) is 0 Å². The lowest BCUT2D eigenvalue weighted by molar-refractivity contribution is -0.144. The quantitative estimate of drug-likeness (QED) is 0.630. The zero-order valence-corrected chi connectivity index (χ0v) is 11.9. The minimum atomic E-state index is -1.10. The molecule has 1 rings (SSSR count). The first-order chi connectivity index (χ1) is 9.41. The first kappa shape index (κ1) is 16.5. The van der Waals surface area contributed by atoms with E-state index >= 15 is 0 Å². The number of rotatable bonds is 8. The average Bonchev–Trinajstić information content (AvgIpc) is 2.86. The smallest absolute Gasteiger partial charge is 0.326 e. The number of aliphatic carboxylic acids is 2. The molecule has 0 unspecified atom stereocenters. The number of carboxylic acid groups (broad SMARTS) is 2. The predicted octanol–water partition coefficient (Wildman–Crippen LogP) is 1.78. The molecule has 0 aromatic carbocycles. The van der Waals surface area contributed by atoms with E-state index < -0.39 is 23.4 Å². The summed E-state index contributed by atoms with van der Waals surface area (Å²) < 4.78 is 0. The van der Waals surface area contributed by atoms with Gasteiger partial charge >= 0.3 is 11.9 Å². The van der Waals surface area contributed by atoms with E-state index in [1.54, 1.807) is 0 Å². The molecule has 0 saturated heterocycles. The van der Waals surface area contributed by atoms with Crippen molar-refractivity contribution in [3.05, 3.63) is 0 Å². The number of carbonyl (C=O) groups is 3. The van der Waals surface area contributed by atoms with Crippen LogP contribution in [0.1, 0.15) is 58.3 Å². The fourth-order valence-electron chi connectivity index (χ4n) is 2.82. The Bertz CT molecular complexity index is 374. The van der Waals surface area contributed by atoms with Crippen LogP contribution >= 0.6 is 0 Å². The Morgan fingerprint density at radius 3 is 2.25 bits per heavy atom. The van der Waals surface area contributed by atoms with Crippen LogP contribution in [0, 0.1) is 5.41 Å². The molecule has 6 nitrogen and oxygen atoms in total. The van der Waals surface area contributed by atoms with Gasteiger partial charge in [-0.1, -0.05) is 19.8 Å². The second-order valence-corrected chi connectivity index (χ2v) is 5.49. The zero-order chi connectivity index (χ0) is 15.2. The van der Waals surface area contributed by atoms with Crippen LogP contribution in [0.2, 0.25) is 0 Å². The maximum atomic E-state index is 12.3. The summed E-state index contributed by atoms with van der Waals surface area (Å²) in [7, 11) is 0. The number of carboxylic acids is 2. The van der Waals surface area contributed by atoms with Crippen molar-refractivity contribution in [3.8, 4) is 0 Å². The van der Waals surface area contributed by atoms with Gasteiger partial charge < -0.3 is 15.5 Å². The molecule has 0 aliphatic heterocycles. The van der Waals surface area contributed by atoms with Gasteiger partial charge in [-0.3, -0.25) is 9.59 Å². The molecule has 0 spiro atoms. The van der Waals surface area contributed by atoms with Gasteiger partial charge in [-0.25, -0.2) is 4.79 Å². The molecule has 0 heterocycles. The van der Waals surface area contributed by atoms with Crippen molar-refractivity contribution in [3.63, 3.8) is 0 Å². The molecule has 3 N–H and O–H groups in total. The average molecular weight is 285 g/mol. The predicted molar refractivity (Wildman–Crippen MR) is 72.2 cm³/mol. The van der Waals surface area contributed by atoms with Crippen LogP contribution in [-0.2, 0) is 14.4 Å². The summed E-state index contributed by atoms with van der Waals surface area (Å²) in [5, 5.41) is 20.3. The van der Waals surface area contributed by atoms with Gasteiger partial charge in [0.25, 0.3) is 0 Å². The zero-order valence-electron chi connectivity index (χ0n) is 11.9. The molecule has 1 aliphatic rings. The van der Waals surface area contributed by atoms with Gasteiger partial charge in [0.15, 0.2) is 0 Å². The fourth-order valence-corrected chi connectivity index (χ4v) is 2.82. The molecule has 1 fully saturated rings. The number of carbonyl (C=O) groups excluding carboxylic acids is 1. The highest BCUT2D eigenvalue weighted by molar-refractivity contribution is 5.87. The number of amides is 1. The number of nitrogens with one attached hydrogen (secondary N) is 1. The molecular formula is C14H23NO5. The summed E-state index contributed by atoms with van der Waals surface area (Å²) in [4.78, 5) is 33.9. The molecule has 1 aliphatic carbocycles. The summed E-state index contributed by atoms with van der Waals surface area (Å²) >= 11 is 0. The van der Waals surface area contributed by atoms with Gasteiger partial charge in [0, 0.05) is 11.8 Å². The summed E-state index contributed by atoms with van der Waals surface area (Å²) in [5.74, 6) is -2.26. The standard InChI is InChI=1S/C14H23NO5/c1-2-14(8-3-4-9-14)13(20)15-10(12(18)19)6-5-7-11(16)17/h10H,2-9H2,1H3,(H,15,20)(H,16,17)(H,18,19)/t10-/m1/s1. The van der Waals surface area contributed by atoms with E-state index in [9.17, 15) is 14.4 Å². The van der Waals surface area contributed by atoms with Crippen LogP contribution in [0.25, 0.3) is 0 Å². The van der Waals surface area contributed by atoms with Crippen LogP contribution in [0.4, 0.5) is 0 Å². The van der Waals surface area contributed by atoms with Crippen LogP contribution in [0.5, 0.6) is 0 Å². The molecular weight excluding hydrogens is 262 g/mol. The van der Waals surface area contributed by atoms with Crippen molar-refractivity contribution in [2.45, 2.75) is 64.3 Å². The van der Waals surface area contributed by atoms with E-state index in [-0.39, 0.29) is 25.2 Å². The van der Waals surface area contributed by atoms with Crippen LogP contribution in [-0.4, -0.2) is 34.1 Å². The van der Waals surface area contributed by atoms with Crippen LogP contribution in [0.15, 0.2) is 0 Å². The first-order valence-corrected chi connectivity index (χ1v) is 7.17. The Morgan fingerprint density at radius 1 is 1.20 bits per heavy atom. The molecule has 6 heteroatoms.